The van der Waals surface area contributed by atoms with Gasteiger partial charge in [0, 0.05) is 45.7 Å². The summed E-state index contributed by atoms with van der Waals surface area (Å²) in [5.74, 6) is 0. The fourth-order valence-electron chi connectivity index (χ4n) is 6.80. The second-order valence-electron chi connectivity index (χ2n) is 12.3. The van der Waals surface area contributed by atoms with Gasteiger partial charge in [0.15, 0.2) is 0 Å². The van der Waals surface area contributed by atoms with E-state index in [0.29, 0.717) is 0 Å². The topological polar surface area (TPSA) is 51.6 Å². The summed E-state index contributed by atoms with van der Waals surface area (Å²) >= 11 is 0. The number of fused-ring (bicyclic) bond motifs is 7. The van der Waals surface area contributed by atoms with Crippen LogP contribution in [0.4, 0.5) is 0 Å². The molecule has 0 aliphatic carbocycles. The van der Waals surface area contributed by atoms with Crippen molar-refractivity contribution >= 4 is 54.4 Å². The Kier molecular flexibility index (Phi) is 7.45. The van der Waals surface area contributed by atoms with Gasteiger partial charge in [-0.1, -0.05) is 133 Å². The van der Waals surface area contributed by atoms with E-state index in [0.717, 1.165) is 60.4 Å². The van der Waals surface area contributed by atoms with Crippen LogP contribution in [0.3, 0.4) is 0 Å². The Morgan fingerprint density at radius 1 is 0.300 bits per heavy atom. The van der Waals surface area contributed by atoms with E-state index >= 15 is 0 Å². The quantitative estimate of drug-likeness (QED) is 0.181. The third-order valence-corrected chi connectivity index (χ3v) is 9.25. The summed E-state index contributed by atoms with van der Waals surface area (Å²) in [6.45, 7) is 0. The Morgan fingerprint density at radius 2 is 0.840 bits per heavy atom. The molecule has 10 aromatic rings. The van der Waals surface area contributed by atoms with Crippen LogP contribution in [0.15, 0.2) is 182 Å². The predicted octanol–water partition coefficient (Wildman–Crippen LogP) is 11.7. The molecule has 4 aromatic heterocycles. The second kappa shape index (κ2) is 12.7. The number of benzene rings is 6. The lowest BCUT2D eigenvalue weighted by molar-refractivity contribution is 1.37. The molecule has 0 bridgehead atoms. The van der Waals surface area contributed by atoms with Crippen LogP contribution in [0.1, 0.15) is 0 Å². The Balaban J connectivity index is 0.000000200. The molecule has 0 unspecified atom stereocenters. The van der Waals surface area contributed by atoms with Gasteiger partial charge in [0.2, 0.25) is 0 Å². The third-order valence-electron chi connectivity index (χ3n) is 9.25. The summed E-state index contributed by atoms with van der Waals surface area (Å²) in [6, 6.07) is 56.9. The summed E-state index contributed by atoms with van der Waals surface area (Å²) in [6.07, 6.45) is 5.50. The van der Waals surface area contributed by atoms with E-state index in [9.17, 15) is 0 Å². The van der Waals surface area contributed by atoms with Gasteiger partial charge >= 0.3 is 0 Å². The molecule has 4 heterocycles. The highest BCUT2D eigenvalue weighted by Crippen LogP contribution is 2.38. The maximum atomic E-state index is 5.24. The Morgan fingerprint density at radius 3 is 1.52 bits per heavy atom. The summed E-state index contributed by atoms with van der Waals surface area (Å²) < 4.78 is 0. The minimum Gasteiger partial charge on any atom is -0.254 e. The van der Waals surface area contributed by atoms with E-state index in [2.05, 4.69) is 156 Å². The molecule has 234 valence electrons. The molecule has 0 spiro atoms. The first-order chi connectivity index (χ1) is 24.8. The molecule has 4 nitrogen and oxygen atoms in total. The fraction of sp³-hybridized carbons (Fsp3) is 0. The number of hydrogen-bond acceptors (Lipinski definition) is 4. The highest BCUT2D eigenvalue weighted by atomic mass is 14.8. The minimum atomic E-state index is 0.925. The summed E-state index contributed by atoms with van der Waals surface area (Å²) in [4.78, 5) is 18.8. The molecule has 0 atom stereocenters. The molecule has 50 heavy (non-hydrogen) atoms. The minimum absolute atomic E-state index is 0.925. The average molecular weight is 639 g/mol. The van der Waals surface area contributed by atoms with Gasteiger partial charge in [0.1, 0.15) is 0 Å². The van der Waals surface area contributed by atoms with Crippen molar-refractivity contribution in [3.05, 3.63) is 182 Å². The number of aromatic nitrogens is 4. The molecule has 6 aromatic carbocycles. The Labute approximate surface area is 289 Å². The molecule has 0 saturated carbocycles. The fourth-order valence-corrected chi connectivity index (χ4v) is 6.80. The van der Waals surface area contributed by atoms with Crippen molar-refractivity contribution in [1.82, 2.24) is 19.9 Å². The van der Waals surface area contributed by atoms with E-state index < -0.39 is 0 Å². The standard InChI is InChI=1S/C34H22N2.C12H8N2/c1-3-10-24(11-4-1)28-19-20-35-33-29(28)17-18-30-31(25-12-5-2-6-13-25)22-32(36-34(30)33)27-16-15-23-9-7-8-14-26(23)21-27;1-3-9-5-6-10-4-2-8-14-12(10)11(9)13-7-1/h1-22H;1-8H. The zero-order valence-corrected chi connectivity index (χ0v) is 27.1. The zero-order chi connectivity index (χ0) is 33.3. The maximum Gasteiger partial charge on any atom is 0.0978 e. The molecule has 0 amide bonds. The van der Waals surface area contributed by atoms with Crippen LogP contribution in [0, 0.1) is 0 Å². The van der Waals surface area contributed by atoms with Crippen molar-refractivity contribution in [3.63, 3.8) is 0 Å². The summed E-state index contributed by atoms with van der Waals surface area (Å²) in [5, 5.41) is 6.93. The van der Waals surface area contributed by atoms with Crippen LogP contribution < -0.4 is 0 Å². The normalized spacial score (nSPS) is 11.2. The molecule has 0 radical (unpaired) electrons. The van der Waals surface area contributed by atoms with E-state index in [-0.39, 0.29) is 0 Å². The van der Waals surface area contributed by atoms with E-state index in [4.69, 9.17) is 9.97 Å². The van der Waals surface area contributed by atoms with Crippen LogP contribution in [-0.4, -0.2) is 19.9 Å². The van der Waals surface area contributed by atoms with Crippen LogP contribution in [0.25, 0.3) is 87.9 Å². The molecular weight excluding hydrogens is 609 g/mol. The van der Waals surface area contributed by atoms with Gasteiger partial charge in [-0.25, -0.2) is 4.98 Å². The number of hydrogen-bond donors (Lipinski definition) is 0. The Hall–Kier alpha value is -6.78. The van der Waals surface area contributed by atoms with E-state index in [1.807, 2.05) is 24.4 Å². The van der Waals surface area contributed by atoms with Crippen molar-refractivity contribution in [2.24, 2.45) is 0 Å². The second-order valence-corrected chi connectivity index (χ2v) is 12.3. The first kappa shape index (κ1) is 29.4. The zero-order valence-electron chi connectivity index (χ0n) is 27.1. The van der Waals surface area contributed by atoms with Gasteiger partial charge in [-0.05, 0) is 63.4 Å². The lowest BCUT2D eigenvalue weighted by atomic mass is 9.94. The molecule has 0 N–H and O–H groups in total. The smallest absolute Gasteiger partial charge is 0.0978 e. The monoisotopic (exact) mass is 638 g/mol. The van der Waals surface area contributed by atoms with Crippen LogP contribution in [-0.2, 0) is 0 Å². The molecule has 4 heteroatoms. The first-order valence-electron chi connectivity index (χ1n) is 16.7. The van der Waals surface area contributed by atoms with Crippen LogP contribution >= 0.6 is 0 Å². The third kappa shape index (κ3) is 5.39. The lowest BCUT2D eigenvalue weighted by Gasteiger charge is -2.14. The molecule has 0 aliphatic rings. The molecule has 0 fully saturated rings. The van der Waals surface area contributed by atoms with E-state index in [1.54, 1.807) is 12.4 Å². The van der Waals surface area contributed by atoms with Gasteiger partial charge in [-0.3, -0.25) is 15.0 Å². The van der Waals surface area contributed by atoms with Crippen molar-refractivity contribution in [2.75, 3.05) is 0 Å². The van der Waals surface area contributed by atoms with Gasteiger partial charge in [-0.2, -0.15) is 0 Å². The number of nitrogens with zero attached hydrogens (tertiary/aromatic N) is 4. The largest absolute Gasteiger partial charge is 0.254 e. The molecular formula is C46H30N4. The van der Waals surface area contributed by atoms with Crippen molar-refractivity contribution < 1.29 is 0 Å². The van der Waals surface area contributed by atoms with Crippen molar-refractivity contribution in [1.29, 1.82) is 0 Å². The van der Waals surface area contributed by atoms with Gasteiger partial charge < -0.3 is 0 Å². The van der Waals surface area contributed by atoms with Crippen molar-refractivity contribution in [2.45, 2.75) is 0 Å². The average Bonchev–Trinajstić information content (AvgIpc) is 3.20. The van der Waals surface area contributed by atoms with Gasteiger partial charge in [-0.15, -0.1) is 0 Å². The highest BCUT2D eigenvalue weighted by Gasteiger charge is 2.15. The summed E-state index contributed by atoms with van der Waals surface area (Å²) in [7, 11) is 0. The maximum absolute atomic E-state index is 5.24. The Bertz CT molecular complexity index is 2760. The molecule has 10 rings (SSSR count). The lowest BCUT2D eigenvalue weighted by Crippen LogP contribution is -1.93. The summed E-state index contributed by atoms with van der Waals surface area (Å²) in [5.41, 5.74) is 10.5. The van der Waals surface area contributed by atoms with Crippen LogP contribution in [0.2, 0.25) is 0 Å². The number of rotatable bonds is 3. The van der Waals surface area contributed by atoms with Crippen molar-refractivity contribution in [3.8, 4) is 33.5 Å². The SMILES string of the molecule is c1ccc(-c2ccnc3c2ccc2c(-c4ccccc4)cc(-c4ccc5ccccc5c4)nc23)cc1.c1cnc2c(c1)ccc1cccnc12. The number of pyridine rings is 4. The van der Waals surface area contributed by atoms with Gasteiger partial charge in [0.05, 0.1) is 27.8 Å². The van der Waals surface area contributed by atoms with Gasteiger partial charge in [0.25, 0.3) is 0 Å². The molecule has 0 saturated heterocycles. The molecule has 0 aliphatic heterocycles. The van der Waals surface area contributed by atoms with E-state index in [1.165, 1.54) is 27.5 Å². The highest BCUT2D eigenvalue weighted by molar-refractivity contribution is 6.12. The predicted molar refractivity (Wildman–Crippen MR) is 208 cm³/mol. The van der Waals surface area contributed by atoms with Crippen LogP contribution in [0.5, 0.6) is 0 Å². The first-order valence-corrected chi connectivity index (χ1v) is 16.7.